The van der Waals surface area contributed by atoms with E-state index in [1.54, 1.807) is 19.9 Å². The molecule has 166 valence electrons. The quantitative estimate of drug-likeness (QED) is 0.588. The van der Waals surface area contributed by atoms with Gasteiger partial charge < -0.3 is 10.6 Å². The second-order valence-corrected chi connectivity index (χ2v) is 9.85. The van der Waals surface area contributed by atoms with Crippen molar-refractivity contribution in [1.29, 1.82) is 0 Å². The fraction of sp³-hybridized carbons (Fsp3) is 0.333. The first-order valence-corrected chi connectivity index (χ1v) is 12.1. The van der Waals surface area contributed by atoms with E-state index < -0.39 is 15.9 Å². The first-order valence-electron chi connectivity index (χ1n) is 9.88. The van der Waals surface area contributed by atoms with E-state index in [0.717, 1.165) is 12.8 Å². The van der Waals surface area contributed by atoms with Crippen molar-refractivity contribution >= 4 is 50.7 Å². The van der Waals surface area contributed by atoms with Gasteiger partial charge in [-0.15, -0.1) is 0 Å². The van der Waals surface area contributed by atoms with Crippen molar-refractivity contribution in [2.45, 2.75) is 37.6 Å². The van der Waals surface area contributed by atoms with Crippen LogP contribution >= 0.6 is 23.2 Å². The predicted octanol–water partition coefficient (Wildman–Crippen LogP) is 4.17. The fourth-order valence-electron chi connectivity index (χ4n) is 3.02. The van der Waals surface area contributed by atoms with Crippen LogP contribution in [0.4, 0.5) is 5.69 Å². The zero-order valence-electron chi connectivity index (χ0n) is 17.1. The maximum atomic E-state index is 12.8. The number of anilines is 1. The number of hydrogen-bond acceptors (Lipinski definition) is 4. The summed E-state index contributed by atoms with van der Waals surface area (Å²) in [5.41, 5.74) is 0.827. The summed E-state index contributed by atoms with van der Waals surface area (Å²) in [6, 6.07) is 8.86. The molecular weight excluding hydrogens is 461 g/mol. The number of amides is 2. The van der Waals surface area contributed by atoms with Gasteiger partial charge in [-0.1, -0.05) is 37.0 Å². The summed E-state index contributed by atoms with van der Waals surface area (Å²) in [7, 11) is -3.83. The van der Waals surface area contributed by atoms with Crippen molar-refractivity contribution in [2.24, 2.45) is 0 Å². The molecule has 10 heteroatoms. The molecule has 0 bridgehead atoms. The third-order valence-corrected chi connectivity index (χ3v) is 7.74. The molecule has 0 heterocycles. The minimum absolute atomic E-state index is 0.0394. The maximum Gasteiger partial charge on any atom is 0.255 e. The van der Waals surface area contributed by atoms with Gasteiger partial charge in [-0.25, -0.2) is 8.42 Å². The molecule has 0 spiro atoms. The highest BCUT2D eigenvalue weighted by Crippen LogP contribution is 2.27. The summed E-state index contributed by atoms with van der Waals surface area (Å²) in [5, 5.41) is 5.77. The van der Waals surface area contributed by atoms with Crippen LogP contribution in [0.2, 0.25) is 10.0 Å². The van der Waals surface area contributed by atoms with Crippen LogP contribution in [0.15, 0.2) is 41.3 Å². The Morgan fingerprint density at radius 1 is 1.00 bits per heavy atom. The summed E-state index contributed by atoms with van der Waals surface area (Å²) in [5.74, 6) is -0.784. The number of halogens is 2. The van der Waals surface area contributed by atoms with Crippen LogP contribution in [0.3, 0.4) is 0 Å². The Morgan fingerprint density at radius 2 is 1.68 bits per heavy atom. The standard InChI is InChI=1S/C21H23Cl2N3O4S/c1-3-26(4-2)31(29,30)19-11-13(5-10-17(19)22)20(27)25-15-8-9-16(18(23)12-15)21(28)24-14-6-7-14/h5,8-12,14H,3-4,6-7H2,1-2H3,(H,24,28)(H,25,27). The Kier molecular flexibility index (Phi) is 7.26. The Hall–Kier alpha value is -2.13. The molecule has 1 saturated carbocycles. The topological polar surface area (TPSA) is 95.6 Å². The van der Waals surface area contributed by atoms with Gasteiger partial charge in [-0.05, 0) is 49.2 Å². The van der Waals surface area contributed by atoms with E-state index in [-0.39, 0.29) is 45.5 Å². The lowest BCUT2D eigenvalue weighted by molar-refractivity contribution is 0.0950. The number of sulfonamides is 1. The Labute approximate surface area is 191 Å². The molecule has 1 aliphatic rings. The van der Waals surface area contributed by atoms with Crippen molar-refractivity contribution in [2.75, 3.05) is 18.4 Å². The van der Waals surface area contributed by atoms with Gasteiger partial charge in [0, 0.05) is 30.4 Å². The highest BCUT2D eigenvalue weighted by Gasteiger charge is 2.26. The third kappa shape index (κ3) is 5.38. The van der Waals surface area contributed by atoms with Gasteiger partial charge >= 0.3 is 0 Å². The van der Waals surface area contributed by atoms with E-state index in [0.29, 0.717) is 11.3 Å². The molecule has 1 fully saturated rings. The zero-order valence-corrected chi connectivity index (χ0v) is 19.4. The van der Waals surface area contributed by atoms with Crippen molar-refractivity contribution < 1.29 is 18.0 Å². The normalized spacial score (nSPS) is 13.8. The summed E-state index contributed by atoms with van der Waals surface area (Å²) in [6.45, 7) is 4.02. The highest BCUT2D eigenvalue weighted by molar-refractivity contribution is 7.89. The maximum absolute atomic E-state index is 12.8. The predicted molar refractivity (Wildman–Crippen MR) is 121 cm³/mol. The van der Waals surface area contributed by atoms with Crippen molar-refractivity contribution in [1.82, 2.24) is 9.62 Å². The Balaban J connectivity index is 1.80. The Bertz CT molecular complexity index is 1110. The van der Waals surface area contributed by atoms with E-state index in [9.17, 15) is 18.0 Å². The lowest BCUT2D eigenvalue weighted by Gasteiger charge is -2.19. The Morgan fingerprint density at radius 3 is 2.26 bits per heavy atom. The average Bonchev–Trinajstić information content (AvgIpc) is 3.52. The summed E-state index contributed by atoms with van der Waals surface area (Å²) < 4.78 is 26.9. The van der Waals surface area contributed by atoms with Crippen LogP contribution in [-0.2, 0) is 10.0 Å². The van der Waals surface area contributed by atoms with E-state index in [1.807, 2.05) is 0 Å². The number of carbonyl (C=O) groups is 2. The number of rotatable bonds is 8. The van der Waals surface area contributed by atoms with Gasteiger partial charge in [0.25, 0.3) is 11.8 Å². The molecule has 0 unspecified atom stereocenters. The summed E-state index contributed by atoms with van der Waals surface area (Å²) in [4.78, 5) is 24.8. The van der Waals surface area contributed by atoms with Gasteiger partial charge in [0.15, 0.2) is 0 Å². The van der Waals surface area contributed by atoms with Crippen LogP contribution in [-0.4, -0.2) is 43.7 Å². The lowest BCUT2D eigenvalue weighted by atomic mass is 10.1. The van der Waals surface area contributed by atoms with E-state index in [4.69, 9.17) is 23.2 Å². The second kappa shape index (κ2) is 9.56. The molecule has 2 aromatic rings. The molecule has 0 aromatic heterocycles. The van der Waals surface area contributed by atoms with Crippen molar-refractivity contribution in [3.05, 3.63) is 57.6 Å². The molecular formula is C21H23Cl2N3O4S. The molecule has 2 aromatic carbocycles. The number of hydrogen-bond donors (Lipinski definition) is 2. The molecule has 0 atom stereocenters. The fourth-order valence-corrected chi connectivity index (χ4v) is 5.24. The minimum atomic E-state index is -3.83. The number of benzene rings is 2. The largest absolute Gasteiger partial charge is 0.349 e. The highest BCUT2D eigenvalue weighted by atomic mass is 35.5. The molecule has 0 radical (unpaired) electrons. The smallest absolute Gasteiger partial charge is 0.255 e. The molecule has 7 nitrogen and oxygen atoms in total. The van der Waals surface area contributed by atoms with Crippen LogP contribution in [0, 0.1) is 0 Å². The molecule has 1 aliphatic carbocycles. The summed E-state index contributed by atoms with van der Waals surface area (Å²) >= 11 is 12.3. The van der Waals surface area contributed by atoms with Gasteiger partial charge in [0.05, 0.1) is 15.6 Å². The second-order valence-electron chi connectivity index (χ2n) is 7.13. The van der Waals surface area contributed by atoms with Crippen molar-refractivity contribution in [3.8, 4) is 0 Å². The number of nitrogens with one attached hydrogen (secondary N) is 2. The van der Waals surface area contributed by atoms with E-state index >= 15 is 0 Å². The molecule has 2 N–H and O–H groups in total. The van der Waals surface area contributed by atoms with Crippen LogP contribution in [0.1, 0.15) is 47.4 Å². The van der Waals surface area contributed by atoms with Crippen LogP contribution < -0.4 is 10.6 Å². The first-order chi connectivity index (χ1) is 14.7. The zero-order chi connectivity index (χ0) is 22.8. The van der Waals surface area contributed by atoms with Crippen molar-refractivity contribution in [3.63, 3.8) is 0 Å². The van der Waals surface area contributed by atoms with E-state index in [1.165, 1.54) is 34.6 Å². The average molecular weight is 484 g/mol. The van der Waals surface area contributed by atoms with Gasteiger partial charge in [-0.2, -0.15) is 4.31 Å². The summed E-state index contributed by atoms with van der Waals surface area (Å²) in [6.07, 6.45) is 1.93. The number of carbonyl (C=O) groups excluding carboxylic acids is 2. The molecule has 2 amide bonds. The SMILES string of the molecule is CCN(CC)S(=O)(=O)c1cc(C(=O)Nc2ccc(C(=O)NC3CC3)c(Cl)c2)ccc1Cl. The molecule has 3 rings (SSSR count). The van der Waals surface area contributed by atoms with Crippen LogP contribution in [0.25, 0.3) is 0 Å². The molecule has 31 heavy (non-hydrogen) atoms. The third-order valence-electron chi connectivity index (χ3n) is 4.90. The lowest BCUT2D eigenvalue weighted by Crippen LogP contribution is -2.31. The monoisotopic (exact) mass is 483 g/mol. The van der Waals surface area contributed by atoms with E-state index in [2.05, 4.69) is 10.6 Å². The first kappa shape index (κ1) is 23.5. The van der Waals surface area contributed by atoms with Gasteiger partial charge in [-0.3, -0.25) is 9.59 Å². The number of nitrogens with zero attached hydrogens (tertiary/aromatic N) is 1. The molecule has 0 saturated heterocycles. The van der Waals surface area contributed by atoms with Crippen LogP contribution in [0.5, 0.6) is 0 Å². The molecule has 0 aliphatic heterocycles. The van der Waals surface area contributed by atoms with Gasteiger partial charge in [0.2, 0.25) is 10.0 Å². The minimum Gasteiger partial charge on any atom is -0.349 e. The van der Waals surface area contributed by atoms with Gasteiger partial charge in [0.1, 0.15) is 4.90 Å².